The molecule has 4 rings (SSSR count). The Balaban J connectivity index is 1.44. The monoisotopic (exact) mass is 336 g/mol. The highest BCUT2D eigenvalue weighted by atomic mass is 16.6. The number of hydrogen-bond acceptors (Lipinski definition) is 4. The van der Waals surface area contributed by atoms with E-state index in [1.807, 2.05) is 20.8 Å². The maximum Gasteiger partial charge on any atom is 0.410 e. The van der Waals surface area contributed by atoms with Crippen LogP contribution in [0.1, 0.15) is 53.4 Å². The molecule has 3 saturated carbocycles. The normalized spacial score (nSPS) is 31.8. The molecule has 1 heterocycles. The van der Waals surface area contributed by atoms with E-state index in [1.165, 1.54) is 0 Å². The van der Waals surface area contributed by atoms with Crippen molar-refractivity contribution in [1.29, 1.82) is 0 Å². The van der Waals surface area contributed by atoms with Crippen LogP contribution in [0.2, 0.25) is 0 Å². The van der Waals surface area contributed by atoms with Gasteiger partial charge >= 0.3 is 6.09 Å². The minimum atomic E-state index is -0.518. The van der Waals surface area contributed by atoms with Crippen LogP contribution in [0.15, 0.2) is 0 Å². The molecular formula is C18H28N2O4. The zero-order valence-electron chi connectivity index (χ0n) is 15.2. The molecular weight excluding hydrogens is 308 g/mol. The first-order chi connectivity index (χ1) is 11.0. The molecule has 6 nitrogen and oxygen atoms in total. The van der Waals surface area contributed by atoms with Crippen molar-refractivity contribution in [2.75, 3.05) is 26.2 Å². The lowest BCUT2D eigenvalue weighted by Crippen LogP contribution is -2.64. The molecule has 0 aromatic rings. The lowest BCUT2D eigenvalue weighted by Gasteiger charge is -2.68. The first kappa shape index (κ1) is 17.2. The fourth-order valence-electron chi connectivity index (χ4n) is 4.49. The third-order valence-corrected chi connectivity index (χ3v) is 5.48. The van der Waals surface area contributed by atoms with Gasteiger partial charge in [-0.25, -0.2) is 4.79 Å². The molecule has 0 unspecified atom stereocenters. The molecule has 134 valence electrons. The van der Waals surface area contributed by atoms with Crippen molar-refractivity contribution in [2.45, 2.75) is 59.0 Å². The average molecular weight is 336 g/mol. The fourth-order valence-corrected chi connectivity index (χ4v) is 4.49. The lowest BCUT2D eigenvalue weighted by molar-refractivity contribution is -0.198. The average Bonchev–Trinajstić information content (AvgIpc) is 2.41. The van der Waals surface area contributed by atoms with Gasteiger partial charge in [0.2, 0.25) is 5.91 Å². The molecule has 2 amide bonds. The zero-order chi connectivity index (χ0) is 17.8. The van der Waals surface area contributed by atoms with E-state index in [1.54, 1.807) is 9.80 Å². The number of ether oxygens (including phenoxy) is 1. The number of amides is 2. The first-order valence-corrected chi connectivity index (χ1v) is 8.81. The Morgan fingerprint density at radius 2 is 1.46 bits per heavy atom. The van der Waals surface area contributed by atoms with E-state index in [-0.39, 0.29) is 29.6 Å². The van der Waals surface area contributed by atoms with Crippen molar-refractivity contribution < 1.29 is 19.1 Å². The smallest absolute Gasteiger partial charge is 0.410 e. The van der Waals surface area contributed by atoms with Crippen LogP contribution in [0, 0.1) is 10.8 Å². The van der Waals surface area contributed by atoms with Gasteiger partial charge in [0.05, 0.1) is 6.42 Å². The second-order valence-corrected chi connectivity index (χ2v) is 9.07. The molecule has 0 atom stereocenters. The van der Waals surface area contributed by atoms with E-state index in [2.05, 4.69) is 6.92 Å². The SMILES string of the molecule is CC12CC(C(=O)CC(=O)N3CCN(C(=O)OC(C)(C)C)CC3)(C1)C2. The van der Waals surface area contributed by atoms with E-state index < -0.39 is 5.60 Å². The van der Waals surface area contributed by atoms with Crippen molar-refractivity contribution in [1.82, 2.24) is 9.80 Å². The maximum absolute atomic E-state index is 12.4. The summed E-state index contributed by atoms with van der Waals surface area (Å²) < 4.78 is 5.35. The van der Waals surface area contributed by atoms with Gasteiger partial charge in [0.25, 0.3) is 0 Å². The highest BCUT2D eigenvalue weighted by molar-refractivity contribution is 6.02. The Labute approximate surface area is 143 Å². The van der Waals surface area contributed by atoms with Gasteiger partial charge in [-0.2, -0.15) is 0 Å². The van der Waals surface area contributed by atoms with Crippen LogP contribution in [0.4, 0.5) is 4.79 Å². The van der Waals surface area contributed by atoms with Gasteiger partial charge in [0.15, 0.2) is 0 Å². The number of piperazine rings is 1. The Morgan fingerprint density at radius 1 is 0.958 bits per heavy atom. The van der Waals surface area contributed by atoms with Crippen LogP contribution in [-0.4, -0.2) is 59.4 Å². The minimum Gasteiger partial charge on any atom is -0.444 e. The molecule has 0 spiro atoms. The van der Waals surface area contributed by atoms with Gasteiger partial charge in [-0.1, -0.05) is 6.92 Å². The van der Waals surface area contributed by atoms with Crippen molar-refractivity contribution >= 4 is 17.8 Å². The maximum atomic E-state index is 12.4. The fraction of sp³-hybridized carbons (Fsp3) is 0.833. The summed E-state index contributed by atoms with van der Waals surface area (Å²) in [5.74, 6) is 0.0181. The number of carbonyl (C=O) groups is 3. The highest BCUT2D eigenvalue weighted by Crippen LogP contribution is 2.73. The van der Waals surface area contributed by atoms with Gasteiger partial charge in [-0.3, -0.25) is 9.59 Å². The lowest BCUT2D eigenvalue weighted by atomic mass is 9.34. The molecule has 0 aromatic heterocycles. The van der Waals surface area contributed by atoms with Gasteiger partial charge in [0, 0.05) is 31.6 Å². The van der Waals surface area contributed by atoms with Crippen LogP contribution in [0.5, 0.6) is 0 Å². The summed E-state index contributed by atoms with van der Waals surface area (Å²) in [7, 11) is 0. The summed E-state index contributed by atoms with van der Waals surface area (Å²) in [6.07, 6.45) is 2.55. The van der Waals surface area contributed by atoms with Crippen LogP contribution >= 0.6 is 0 Å². The van der Waals surface area contributed by atoms with Crippen molar-refractivity contribution in [3.63, 3.8) is 0 Å². The van der Waals surface area contributed by atoms with E-state index >= 15 is 0 Å². The number of hydrogen-bond donors (Lipinski definition) is 0. The standard InChI is InChI=1S/C18H28N2O4/c1-16(2,3)24-15(23)20-7-5-19(6-8-20)14(22)9-13(21)18-10-17(4,11-18)12-18/h5-12H2,1-4H3. The number of rotatable bonds is 3. The number of ketones is 1. The summed E-state index contributed by atoms with van der Waals surface area (Å²) in [6.45, 7) is 9.56. The third kappa shape index (κ3) is 3.15. The summed E-state index contributed by atoms with van der Waals surface area (Å²) in [6, 6.07) is 0. The molecule has 6 heteroatoms. The molecule has 4 aliphatic rings. The second-order valence-electron chi connectivity index (χ2n) is 9.07. The number of Topliss-reactive ketones (excluding diaryl/α,β-unsaturated/α-hetero) is 1. The van der Waals surface area contributed by atoms with Crippen LogP contribution < -0.4 is 0 Å². The summed E-state index contributed by atoms with van der Waals surface area (Å²) in [5, 5.41) is 0. The van der Waals surface area contributed by atoms with Gasteiger partial charge in [0.1, 0.15) is 11.4 Å². The summed E-state index contributed by atoms with van der Waals surface area (Å²) in [5.41, 5.74) is -0.323. The van der Waals surface area contributed by atoms with E-state index in [0.29, 0.717) is 31.6 Å². The molecule has 2 bridgehead atoms. The molecule has 1 aliphatic heterocycles. The van der Waals surface area contributed by atoms with Crippen molar-refractivity contribution in [3.8, 4) is 0 Å². The predicted molar refractivity (Wildman–Crippen MR) is 88.4 cm³/mol. The van der Waals surface area contributed by atoms with Crippen molar-refractivity contribution in [2.24, 2.45) is 10.8 Å². The Bertz CT molecular complexity index is 550. The molecule has 24 heavy (non-hydrogen) atoms. The quantitative estimate of drug-likeness (QED) is 0.741. The van der Waals surface area contributed by atoms with Gasteiger partial charge < -0.3 is 14.5 Å². The Morgan fingerprint density at radius 3 is 1.92 bits per heavy atom. The number of nitrogens with zero attached hydrogens (tertiary/aromatic N) is 2. The molecule has 4 fully saturated rings. The minimum absolute atomic E-state index is 0.0164. The van der Waals surface area contributed by atoms with Crippen molar-refractivity contribution in [3.05, 3.63) is 0 Å². The molecule has 1 saturated heterocycles. The first-order valence-electron chi connectivity index (χ1n) is 8.81. The van der Waals surface area contributed by atoms with E-state index in [9.17, 15) is 14.4 Å². The van der Waals surface area contributed by atoms with E-state index in [0.717, 1.165) is 19.3 Å². The Hall–Kier alpha value is -1.59. The molecule has 3 aliphatic carbocycles. The van der Waals surface area contributed by atoms with E-state index in [4.69, 9.17) is 4.74 Å². The van der Waals surface area contributed by atoms with Crippen LogP contribution in [0.3, 0.4) is 0 Å². The highest BCUT2D eigenvalue weighted by Gasteiger charge is 2.68. The Kier molecular flexibility index (Phi) is 3.92. The summed E-state index contributed by atoms with van der Waals surface area (Å²) >= 11 is 0. The third-order valence-electron chi connectivity index (χ3n) is 5.48. The van der Waals surface area contributed by atoms with Gasteiger partial charge in [-0.05, 0) is 45.4 Å². The van der Waals surface area contributed by atoms with Crippen LogP contribution in [-0.2, 0) is 14.3 Å². The predicted octanol–water partition coefficient (Wildman–Crippen LogP) is 2.22. The zero-order valence-corrected chi connectivity index (χ0v) is 15.2. The van der Waals surface area contributed by atoms with Gasteiger partial charge in [-0.15, -0.1) is 0 Å². The summed E-state index contributed by atoms with van der Waals surface area (Å²) in [4.78, 5) is 40.1. The second kappa shape index (κ2) is 5.46. The molecule has 0 radical (unpaired) electrons. The topological polar surface area (TPSA) is 66.9 Å². The largest absolute Gasteiger partial charge is 0.444 e. The molecule has 0 aromatic carbocycles. The number of carbonyl (C=O) groups excluding carboxylic acids is 3. The van der Waals surface area contributed by atoms with Crippen LogP contribution in [0.25, 0.3) is 0 Å². The molecule has 0 N–H and O–H groups in total.